The molecule has 1 amide bonds. The van der Waals surface area contributed by atoms with Crippen molar-refractivity contribution < 1.29 is 14.3 Å². The molecule has 1 aromatic heterocycles. The van der Waals surface area contributed by atoms with E-state index in [0.29, 0.717) is 30.7 Å². The van der Waals surface area contributed by atoms with Crippen LogP contribution in [0.4, 0.5) is 10.6 Å². The molecule has 7 rings (SSSR count). The zero-order valence-corrected chi connectivity index (χ0v) is 24.7. The standard InChI is InChI=1S/C34H31N5O3S/c1-43-32-36-30(38-19-20-39(24(21-38)16-18-35)33(40)41-22-23-9-3-2-4-10-23)27-15-17-34(42-31(27)37-32)28-13-7-5-11-25(28)26-12-6-8-14-29(26)34/h2-14,24H,15-17,19-22H2,1H3/t24-/m0/s1. The van der Waals surface area contributed by atoms with Gasteiger partial charge in [-0.15, -0.1) is 0 Å². The van der Waals surface area contributed by atoms with Crippen molar-refractivity contribution in [1.29, 1.82) is 5.26 Å². The Morgan fingerprint density at radius 2 is 1.72 bits per heavy atom. The van der Waals surface area contributed by atoms with Crippen LogP contribution in [-0.4, -0.2) is 52.9 Å². The van der Waals surface area contributed by atoms with Crippen molar-refractivity contribution in [2.75, 3.05) is 30.8 Å². The van der Waals surface area contributed by atoms with E-state index >= 15 is 0 Å². The van der Waals surface area contributed by atoms with Crippen LogP contribution in [0.25, 0.3) is 11.1 Å². The number of amides is 1. The van der Waals surface area contributed by atoms with Gasteiger partial charge in [0.2, 0.25) is 5.88 Å². The summed E-state index contributed by atoms with van der Waals surface area (Å²) in [6, 6.07) is 28.5. The van der Waals surface area contributed by atoms with Gasteiger partial charge >= 0.3 is 6.09 Å². The summed E-state index contributed by atoms with van der Waals surface area (Å²) < 4.78 is 12.6. The number of hydrogen-bond donors (Lipinski definition) is 0. The molecule has 216 valence electrons. The molecule has 0 unspecified atom stereocenters. The Morgan fingerprint density at radius 3 is 2.42 bits per heavy atom. The number of nitriles is 1. The van der Waals surface area contributed by atoms with Crippen LogP contribution in [0.15, 0.2) is 84.0 Å². The molecule has 8 nitrogen and oxygen atoms in total. The van der Waals surface area contributed by atoms with E-state index in [1.54, 1.807) is 4.90 Å². The first-order valence-electron chi connectivity index (χ1n) is 14.5. The molecular formula is C34H31N5O3S. The van der Waals surface area contributed by atoms with Crippen LogP contribution in [0, 0.1) is 11.3 Å². The highest BCUT2D eigenvalue weighted by Gasteiger charge is 2.48. The Kier molecular flexibility index (Phi) is 7.15. The zero-order chi connectivity index (χ0) is 29.4. The Balaban J connectivity index is 1.17. The number of anilines is 1. The van der Waals surface area contributed by atoms with Gasteiger partial charge in [-0.1, -0.05) is 90.6 Å². The molecule has 0 N–H and O–H groups in total. The van der Waals surface area contributed by atoms with Crippen LogP contribution in [0.5, 0.6) is 5.88 Å². The molecule has 0 saturated carbocycles. The van der Waals surface area contributed by atoms with Crippen molar-refractivity contribution >= 4 is 23.7 Å². The fraction of sp³-hybridized carbons (Fsp3) is 0.294. The molecule has 0 radical (unpaired) electrons. The lowest BCUT2D eigenvalue weighted by atomic mass is 9.83. The Hall–Kier alpha value is -4.55. The van der Waals surface area contributed by atoms with Crippen LogP contribution in [-0.2, 0) is 23.4 Å². The van der Waals surface area contributed by atoms with Crippen LogP contribution >= 0.6 is 11.8 Å². The average Bonchev–Trinajstić information content (AvgIpc) is 3.32. The molecule has 1 atom stereocenters. The Labute approximate surface area is 255 Å². The maximum Gasteiger partial charge on any atom is 0.410 e. The van der Waals surface area contributed by atoms with Gasteiger partial charge in [-0.3, -0.25) is 0 Å². The van der Waals surface area contributed by atoms with Crippen molar-refractivity contribution in [3.05, 3.63) is 101 Å². The molecular weight excluding hydrogens is 558 g/mol. The van der Waals surface area contributed by atoms with E-state index in [9.17, 15) is 10.1 Å². The molecule has 1 aliphatic carbocycles. The molecule has 3 heterocycles. The van der Waals surface area contributed by atoms with Gasteiger partial charge < -0.3 is 19.3 Å². The number of carbonyl (C=O) groups is 1. The third kappa shape index (κ3) is 4.76. The Bertz CT molecular complexity index is 1680. The maximum absolute atomic E-state index is 13.1. The van der Waals surface area contributed by atoms with E-state index in [4.69, 9.17) is 19.4 Å². The van der Waals surface area contributed by atoms with Gasteiger partial charge in [0, 0.05) is 37.2 Å². The number of ether oxygens (including phenoxy) is 2. The molecule has 9 heteroatoms. The van der Waals surface area contributed by atoms with Crippen molar-refractivity contribution in [2.45, 2.75) is 42.7 Å². The van der Waals surface area contributed by atoms with Crippen LogP contribution in [0.1, 0.15) is 35.1 Å². The van der Waals surface area contributed by atoms with E-state index in [1.165, 1.54) is 34.0 Å². The quantitative estimate of drug-likeness (QED) is 0.201. The van der Waals surface area contributed by atoms with Gasteiger partial charge in [-0.2, -0.15) is 10.2 Å². The van der Waals surface area contributed by atoms with E-state index in [-0.39, 0.29) is 19.1 Å². The third-order valence-corrected chi connectivity index (χ3v) is 9.22. The molecule has 4 aromatic rings. The minimum atomic E-state index is -0.605. The van der Waals surface area contributed by atoms with Crippen molar-refractivity contribution in [2.24, 2.45) is 0 Å². The van der Waals surface area contributed by atoms with Gasteiger partial charge in [0.15, 0.2) is 10.8 Å². The molecule has 2 aliphatic heterocycles. The topological polar surface area (TPSA) is 91.6 Å². The number of nitrogens with zero attached hydrogens (tertiary/aromatic N) is 5. The predicted molar refractivity (Wildman–Crippen MR) is 165 cm³/mol. The highest BCUT2D eigenvalue weighted by molar-refractivity contribution is 7.98. The lowest BCUT2D eigenvalue weighted by Crippen LogP contribution is -2.55. The summed E-state index contributed by atoms with van der Waals surface area (Å²) in [6.45, 7) is 1.67. The number of fused-ring (bicyclic) bond motifs is 6. The first-order chi connectivity index (χ1) is 21.1. The fourth-order valence-corrected chi connectivity index (χ4v) is 6.99. The number of benzene rings is 3. The maximum atomic E-state index is 13.1. The normalized spacial score (nSPS) is 17.8. The predicted octanol–water partition coefficient (Wildman–Crippen LogP) is 6.19. The van der Waals surface area contributed by atoms with Gasteiger partial charge in [0.1, 0.15) is 12.4 Å². The van der Waals surface area contributed by atoms with Crippen molar-refractivity contribution in [1.82, 2.24) is 14.9 Å². The second-order valence-electron chi connectivity index (χ2n) is 11.0. The fourth-order valence-electron chi connectivity index (χ4n) is 6.64. The summed E-state index contributed by atoms with van der Waals surface area (Å²) in [5.41, 5.74) is 6.04. The lowest BCUT2D eigenvalue weighted by molar-refractivity contribution is 0.0755. The SMILES string of the molecule is CSc1nc2c(c(N3CCN(C(=O)OCc4ccccc4)[C@@H](CC#N)C3)n1)CCC1(O2)c2ccccc2-c2ccccc21. The number of thioether (sulfide) groups is 1. The van der Waals surface area contributed by atoms with Crippen LogP contribution < -0.4 is 9.64 Å². The smallest absolute Gasteiger partial charge is 0.410 e. The summed E-state index contributed by atoms with van der Waals surface area (Å²) in [6.07, 6.45) is 3.26. The second kappa shape index (κ2) is 11.3. The summed E-state index contributed by atoms with van der Waals surface area (Å²) in [5.74, 6) is 1.43. The Morgan fingerprint density at radius 1 is 1.02 bits per heavy atom. The highest BCUT2D eigenvalue weighted by Crippen LogP contribution is 2.54. The first-order valence-corrected chi connectivity index (χ1v) is 15.8. The minimum Gasteiger partial charge on any atom is -0.461 e. The van der Waals surface area contributed by atoms with Gasteiger partial charge in [-0.25, -0.2) is 9.78 Å². The molecule has 1 saturated heterocycles. The number of hydrogen-bond acceptors (Lipinski definition) is 8. The van der Waals surface area contributed by atoms with Crippen LogP contribution in [0.3, 0.4) is 0 Å². The molecule has 1 spiro atoms. The van der Waals surface area contributed by atoms with E-state index in [2.05, 4.69) is 59.5 Å². The second-order valence-corrected chi connectivity index (χ2v) is 11.8. The van der Waals surface area contributed by atoms with E-state index in [0.717, 1.165) is 29.8 Å². The molecule has 0 bridgehead atoms. The minimum absolute atomic E-state index is 0.195. The summed E-state index contributed by atoms with van der Waals surface area (Å²) in [4.78, 5) is 26.8. The van der Waals surface area contributed by atoms with Crippen LogP contribution in [0.2, 0.25) is 0 Å². The molecule has 3 aliphatic rings. The third-order valence-electron chi connectivity index (χ3n) is 8.67. The summed E-state index contributed by atoms with van der Waals surface area (Å²) >= 11 is 1.48. The number of rotatable bonds is 5. The highest BCUT2D eigenvalue weighted by atomic mass is 32.2. The van der Waals surface area contributed by atoms with Gasteiger partial charge in [0.25, 0.3) is 0 Å². The lowest BCUT2D eigenvalue weighted by Gasteiger charge is -2.42. The van der Waals surface area contributed by atoms with Crippen molar-refractivity contribution in [3.8, 4) is 23.1 Å². The van der Waals surface area contributed by atoms with Crippen molar-refractivity contribution in [3.63, 3.8) is 0 Å². The average molecular weight is 590 g/mol. The van der Waals surface area contributed by atoms with E-state index < -0.39 is 11.7 Å². The molecule has 1 fully saturated rings. The zero-order valence-electron chi connectivity index (χ0n) is 23.9. The van der Waals surface area contributed by atoms with Gasteiger partial charge in [-0.05, 0) is 29.4 Å². The van der Waals surface area contributed by atoms with E-state index in [1.807, 2.05) is 36.6 Å². The first kappa shape index (κ1) is 27.3. The largest absolute Gasteiger partial charge is 0.461 e. The number of piperazine rings is 1. The summed E-state index contributed by atoms with van der Waals surface area (Å²) in [5, 5.41) is 10.3. The number of aromatic nitrogens is 2. The van der Waals surface area contributed by atoms with Gasteiger partial charge in [0.05, 0.1) is 24.1 Å². The number of carbonyl (C=O) groups excluding carboxylic acids is 1. The monoisotopic (exact) mass is 589 g/mol. The summed E-state index contributed by atoms with van der Waals surface area (Å²) in [7, 11) is 0. The molecule has 43 heavy (non-hydrogen) atoms. The molecule has 3 aromatic carbocycles.